The number of benzene rings is 1. The normalized spacial score (nSPS) is 18.5. The molecule has 1 heterocycles. The van der Waals surface area contributed by atoms with Gasteiger partial charge in [0.1, 0.15) is 0 Å². The van der Waals surface area contributed by atoms with Crippen LogP contribution in [0.15, 0.2) is 29.2 Å². The Morgan fingerprint density at radius 1 is 1.47 bits per heavy atom. The van der Waals surface area contributed by atoms with E-state index in [1.54, 1.807) is 0 Å². The van der Waals surface area contributed by atoms with E-state index in [4.69, 9.17) is 5.11 Å². The highest BCUT2D eigenvalue weighted by Gasteiger charge is 2.21. The van der Waals surface area contributed by atoms with Crippen LogP contribution in [-0.2, 0) is 4.79 Å². The molecule has 2 N–H and O–H groups in total. The highest BCUT2D eigenvalue weighted by molar-refractivity contribution is 7.99. The van der Waals surface area contributed by atoms with Crippen LogP contribution in [0.4, 0.5) is 0 Å². The van der Waals surface area contributed by atoms with Crippen LogP contribution in [0.5, 0.6) is 0 Å². The smallest absolute Gasteiger partial charge is 0.220 e. The summed E-state index contributed by atoms with van der Waals surface area (Å²) in [5, 5.41) is 11.7. The van der Waals surface area contributed by atoms with Gasteiger partial charge in [-0.3, -0.25) is 4.79 Å². The lowest BCUT2D eigenvalue weighted by molar-refractivity contribution is -0.122. The number of carbonyl (C=O) groups excluding carboxylic acids is 1. The van der Waals surface area contributed by atoms with Crippen LogP contribution >= 0.6 is 11.8 Å². The molecule has 0 saturated heterocycles. The highest BCUT2D eigenvalue weighted by atomic mass is 32.2. The van der Waals surface area contributed by atoms with E-state index in [1.165, 1.54) is 10.5 Å². The van der Waals surface area contributed by atoms with Crippen molar-refractivity contribution in [1.82, 2.24) is 5.32 Å². The number of amides is 1. The molecule has 4 heteroatoms. The molecule has 1 aliphatic rings. The molecule has 0 fully saturated rings. The van der Waals surface area contributed by atoms with Gasteiger partial charge in [0.25, 0.3) is 0 Å². The van der Waals surface area contributed by atoms with Crippen molar-refractivity contribution < 1.29 is 9.90 Å². The molecule has 1 aromatic rings. The molecule has 1 amide bonds. The van der Waals surface area contributed by atoms with Gasteiger partial charge >= 0.3 is 0 Å². The van der Waals surface area contributed by atoms with Crippen LogP contribution in [0.25, 0.3) is 0 Å². The molecule has 1 aromatic carbocycles. The molecule has 2 rings (SSSR count). The summed E-state index contributed by atoms with van der Waals surface area (Å²) in [7, 11) is 0. The van der Waals surface area contributed by atoms with Gasteiger partial charge in [0.05, 0.1) is 6.04 Å². The lowest BCUT2D eigenvalue weighted by atomic mass is 10.0. The maximum absolute atomic E-state index is 11.7. The van der Waals surface area contributed by atoms with E-state index in [1.807, 2.05) is 23.9 Å². The number of nitrogens with one attached hydrogen (secondary N) is 1. The van der Waals surface area contributed by atoms with Crippen LogP contribution in [0.1, 0.15) is 30.9 Å². The SMILES string of the molecule is O=C(CCCO)NC1CCSc2ccccc21. The number of thioether (sulfide) groups is 1. The summed E-state index contributed by atoms with van der Waals surface area (Å²) in [5.74, 6) is 1.08. The maximum atomic E-state index is 11.7. The second kappa shape index (κ2) is 6.07. The Bertz CT molecular complexity index is 395. The predicted molar refractivity (Wildman–Crippen MR) is 69.0 cm³/mol. The van der Waals surface area contributed by atoms with Gasteiger partial charge in [0, 0.05) is 23.7 Å². The molecule has 1 unspecified atom stereocenters. The average Bonchev–Trinajstić information content (AvgIpc) is 2.37. The third-order valence-corrected chi connectivity index (χ3v) is 3.98. The van der Waals surface area contributed by atoms with Crippen LogP contribution in [0, 0.1) is 0 Å². The summed E-state index contributed by atoms with van der Waals surface area (Å²) in [4.78, 5) is 12.9. The van der Waals surface area contributed by atoms with E-state index in [0.717, 1.165) is 12.2 Å². The topological polar surface area (TPSA) is 49.3 Å². The molecule has 17 heavy (non-hydrogen) atoms. The fraction of sp³-hybridized carbons (Fsp3) is 0.462. The van der Waals surface area contributed by atoms with Crippen LogP contribution in [-0.4, -0.2) is 23.4 Å². The van der Waals surface area contributed by atoms with Gasteiger partial charge in [0.15, 0.2) is 0 Å². The molecular weight excluding hydrogens is 234 g/mol. The van der Waals surface area contributed by atoms with Crippen molar-refractivity contribution in [2.45, 2.75) is 30.2 Å². The number of aliphatic hydroxyl groups is 1. The fourth-order valence-electron chi connectivity index (χ4n) is 2.00. The standard InChI is InChI=1S/C13H17NO2S/c15-8-3-6-13(16)14-11-7-9-17-12-5-2-1-4-10(11)12/h1-2,4-5,11,15H,3,6-9H2,(H,14,16). The Hall–Kier alpha value is -1.00. The summed E-state index contributed by atoms with van der Waals surface area (Å²) >= 11 is 1.85. The summed E-state index contributed by atoms with van der Waals surface area (Å²) in [6, 6.07) is 8.36. The first-order valence-electron chi connectivity index (χ1n) is 5.93. The molecule has 0 aliphatic carbocycles. The zero-order valence-electron chi connectivity index (χ0n) is 9.69. The largest absolute Gasteiger partial charge is 0.396 e. The van der Waals surface area contributed by atoms with Crippen LogP contribution < -0.4 is 5.32 Å². The molecule has 0 bridgehead atoms. The fourth-order valence-corrected chi connectivity index (χ4v) is 3.12. The zero-order chi connectivity index (χ0) is 12.1. The summed E-state index contributed by atoms with van der Waals surface area (Å²) in [6.07, 6.45) is 1.92. The Kier molecular flexibility index (Phi) is 4.45. The van der Waals surface area contributed by atoms with Gasteiger partial charge in [-0.05, 0) is 24.5 Å². The van der Waals surface area contributed by atoms with Crippen LogP contribution in [0.3, 0.4) is 0 Å². The first-order valence-corrected chi connectivity index (χ1v) is 6.92. The Morgan fingerprint density at radius 2 is 2.29 bits per heavy atom. The number of rotatable bonds is 4. The minimum absolute atomic E-state index is 0.0331. The summed E-state index contributed by atoms with van der Waals surface area (Å²) in [5.41, 5.74) is 1.22. The second-order valence-electron chi connectivity index (χ2n) is 4.12. The summed E-state index contributed by atoms with van der Waals surface area (Å²) in [6.45, 7) is 0.0739. The van der Waals surface area contributed by atoms with E-state index < -0.39 is 0 Å². The first-order chi connectivity index (χ1) is 8.31. The second-order valence-corrected chi connectivity index (χ2v) is 5.26. The molecular formula is C13H17NO2S. The molecule has 0 radical (unpaired) electrons. The quantitative estimate of drug-likeness (QED) is 0.861. The van der Waals surface area contributed by atoms with Gasteiger partial charge in [-0.2, -0.15) is 0 Å². The van der Waals surface area contributed by atoms with Gasteiger partial charge < -0.3 is 10.4 Å². The molecule has 92 valence electrons. The molecule has 3 nitrogen and oxygen atoms in total. The maximum Gasteiger partial charge on any atom is 0.220 e. The van der Waals surface area contributed by atoms with Crippen molar-refractivity contribution in [2.24, 2.45) is 0 Å². The van der Waals surface area contributed by atoms with E-state index in [2.05, 4.69) is 17.4 Å². The molecule has 1 atom stereocenters. The first kappa shape index (κ1) is 12.5. The van der Waals surface area contributed by atoms with Crippen molar-refractivity contribution in [1.29, 1.82) is 0 Å². The Balaban J connectivity index is 2.01. The Labute approximate surface area is 106 Å². The number of aliphatic hydroxyl groups excluding tert-OH is 1. The molecule has 0 aromatic heterocycles. The lowest BCUT2D eigenvalue weighted by Gasteiger charge is -2.25. The third-order valence-electron chi connectivity index (χ3n) is 2.86. The number of fused-ring (bicyclic) bond motifs is 1. The summed E-state index contributed by atoms with van der Waals surface area (Å²) < 4.78 is 0. The Morgan fingerprint density at radius 3 is 3.12 bits per heavy atom. The monoisotopic (exact) mass is 251 g/mol. The van der Waals surface area contributed by atoms with Crippen molar-refractivity contribution in [3.63, 3.8) is 0 Å². The average molecular weight is 251 g/mol. The van der Waals surface area contributed by atoms with Crippen molar-refractivity contribution in [3.05, 3.63) is 29.8 Å². The molecule has 1 aliphatic heterocycles. The predicted octanol–water partition coefficient (Wildman–Crippen LogP) is 2.11. The highest BCUT2D eigenvalue weighted by Crippen LogP contribution is 2.35. The van der Waals surface area contributed by atoms with Gasteiger partial charge in [0.2, 0.25) is 5.91 Å². The van der Waals surface area contributed by atoms with E-state index in [-0.39, 0.29) is 18.6 Å². The van der Waals surface area contributed by atoms with Gasteiger partial charge in [-0.1, -0.05) is 18.2 Å². The number of hydrogen-bond acceptors (Lipinski definition) is 3. The van der Waals surface area contributed by atoms with Crippen molar-refractivity contribution in [2.75, 3.05) is 12.4 Å². The zero-order valence-corrected chi connectivity index (χ0v) is 10.5. The van der Waals surface area contributed by atoms with Crippen LogP contribution in [0.2, 0.25) is 0 Å². The molecule has 0 saturated carbocycles. The number of hydrogen-bond donors (Lipinski definition) is 2. The van der Waals surface area contributed by atoms with Crippen molar-refractivity contribution in [3.8, 4) is 0 Å². The van der Waals surface area contributed by atoms with Gasteiger partial charge in [-0.25, -0.2) is 0 Å². The van der Waals surface area contributed by atoms with E-state index >= 15 is 0 Å². The molecule has 0 spiro atoms. The van der Waals surface area contributed by atoms with Crippen molar-refractivity contribution >= 4 is 17.7 Å². The van der Waals surface area contributed by atoms with E-state index in [9.17, 15) is 4.79 Å². The number of carbonyl (C=O) groups is 1. The minimum Gasteiger partial charge on any atom is -0.396 e. The van der Waals surface area contributed by atoms with E-state index in [0.29, 0.717) is 12.8 Å². The third kappa shape index (κ3) is 3.23. The lowest BCUT2D eigenvalue weighted by Crippen LogP contribution is -2.30. The van der Waals surface area contributed by atoms with Gasteiger partial charge in [-0.15, -0.1) is 11.8 Å². The minimum atomic E-state index is 0.0331.